The van der Waals surface area contributed by atoms with E-state index < -0.39 is 23.1 Å². The predicted molar refractivity (Wildman–Crippen MR) is 179 cm³/mol. The van der Waals surface area contributed by atoms with Gasteiger partial charge in [-0.3, -0.25) is 14.4 Å². The molecule has 12 nitrogen and oxygen atoms in total. The molecule has 1 N–H and O–H groups in total. The van der Waals surface area contributed by atoms with E-state index in [2.05, 4.69) is 20.2 Å². The van der Waals surface area contributed by atoms with Gasteiger partial charge in [-0.15, -0.1) is 0 Å². The van der Waals surface area contributed by atoms with Gasteiger partial charge < -0.3 is 33.6 Å². The number of hydrogen-bond acceptors (Lipinski definition) is 11. The van der Waals surface area contributed by atoms with Crippen molar-refractivity contribution in [1.82, 2.24) is 15.3 Å². The summed E-state index contributed by atoms with van der Waals surface area (Å²) in [5, 5.41) is 3.21. The first-order chi connectivity index (χ1) is 23.7. The molecule has 1 aliphatic carbocycles. The van der Waals surface area contributed by atoms with Crippen LogP contribution in [0.2, 0.25) is 5.02 Å². The molecule has 4 aromatic rings. The van der Waals surface area contributed by atoms with Crippen LogP contribution in [-0.2, 0) is 17.6 Å². The van der Waals surface area contributed by atoms with Crippen LogP contribution >= 0.6 is 11.6 Å². The van der Waals surface area contributed by atoms with Crippen LogP contribution in [0, 0.1) is 5.92 Å². The zero-order chi connectivity index (χ0) is 34.4. The molecular weight excluding hydrogens is 652 g/mol. The Bertz CT molecular complexity index is 1940. The minimum atomic E-state index is -1.95. The molecular formula is C36H35ClN4O8. The summed E-state index contributed by atoms with van der Waals surface area (Å²) in [7, 11) is 4.42. The number of methoxy groups -OCH3 is 3. The van der Waals surface area contributed by atoms with Crippen molar-refractivity contribution in [3.8, 4) is 34.3 Å². The molecule has 2 atom stereocenters. The Labute approximate surface area is 287 Å². The van der Waals surface area contributed by atoms with Crippen molar-refractivity contribution < 1.29 is 37.7 Å². The van der Waals surface area contributed by atoms with Crippen molar-refractivity contribution in [3.05, 3.63) is 76.3 Å². The minimum Gasteiger partial charge on any atom is -0.497 e. The Kier molecular flexibility index (Phi) is 8.43. The van der Waals surface area contributed by atoms with Crippen LogP contribution in [0.5, 0.6) is 23.0 Å². The monoisotopic (exact) mass is 686 g/mol. The third kappa shape index (κ3) is 5.34. The molecule has 1 saturated heterocycles. The number of carbonyl (C=O) groups is 3. The summed E-state index contributed by atoms with van der Waals surface area (Å²) in [5.41, 5.74) is -0.676. The van der Waals surface area contributed by atoms with Gasteiger partial charge in [-0.2, -0.15) is 0 Å². The number of nitrogens with zero attached hydrogens (tertiary/aromatic N) is 3. The standard InChI is InChI=1S/C36H35ClN4O8/c1-19-16-25-28(33(43)36(19)34(44)29-24(46-3)18-26(47-4)30(37)32(29)49-36)23(31(48-25)20-6-8-22(45-2)9-7-20)17-27(42)40-21-10-14-41(15-11-21)35-38-12-5-13-39-35/h5-9,12-13,18-19,21H,10-11,14-17H2,1-4H3,(H,40,42)/t19-,36+/m1/s1. The molecule has 0 saturated carbocycles. The average Bonchev–Trinajstić information content (AvgIpc) is 3.64. The molecule has 1 fully saturated rings. The van der Waals surface area contributed by atoms with E-state index in [0.717, 1.165) is 0 Å². The molecule has 254 valence electrons. The largest absolute Gasteiger partial charge is 0.497 e. The Morgan fingerprint density at radius 1 is 1.00 bits per heavy atom. The molecule has 2 aromatic carbocycles. The predicted octanol–water partition coefficient (Wildman–Crippen LogP) is 5.13. The van der Waals surface area contributed by atoms with Gasteiger partial charge in [0.1, 0.15) is 39.4 Å². The highest BCUT2D eigenvalue weighted by molar-refractivity contribution is 6.36. The number of piperidine rings is 1. The maximum atomic E-state index is 14.8. The molecule has 2 aliphatic heterocycles. The minimum absolute atomic E-state index is 0.0249. The topological polar surface area (TPSA) is 142 Å². The maximum absolute atomic E-state index is 14.8. The molecule has 13 heteroatoms. The van der Waals surface area contributed by atoms with Gasteiger partial charge in [0.2, 0.25) is 29.0 Å². The van der Waals surface area contributed by atoms with Crippen LogP contribution < -0.4 is 29.2 Å². The van der Waals surface area contributed by atoms with Crippen molar-refractivity contribution in [2.45, 2.75) is 44.2 Å². The van der Waals surface area contributed by atoms with Gasteiger partial charge >= 0.3 is 0 Å². The van der Waals surface area contributed by atoms with Gasteiger partial charge in [0.05, 0.1) is 33.3 Å². The van der Waals surface area contributed by atoms with E-state index in [9.17, 15) is 14.4 Å². The van der Waals surface area contributed by atoms with Gasteiger partial charge in [0.15, 0.2) is 5.75 Å². The maximum Gasteiger partial charge on any atom is 0.237 e. The molecule has 49 heavy (non-hydrogen) atoms. The van der Waals surface area contributed by atoms with E-state index in [4.69, 9.17) is 35.0 Å². The summed E-state index contributed by atoms with van der Waals surface area (Å²) in [5.74, 6) is 0.419. The quantitative estimate of drug-likeness (QED) is 0.247. The number of halogens is 1. The zero-order valence-corrected chi connectivity index (χ0v) is 28.3. The highest BCUT2D eigenvalue weighted by Gasteiger charge is 2.63. The van der Waals surface area contributed by atoms with E-state index >= 15 is 0 Å². The number of carbonyl (C=O) groups excluding carboxylic acids is 3. The first-order valence-corrected chi connectivity index (χ1v) is 16.4. The molecule has 7 rings (SSSR count). The molecule has 2 aromatic heterocycles. The van der Waals surface area contributed by atoms with E-state index in [1.165, 1.54) is 20.3 Å². The number of fused-ring (bicyclic) bond motifs is 2. The van der Waals surface area contributed by atoms with Crippen LogP contribution in [0.4, 0.5) is 5.95 Å². The summed E-state index contributed by atoms with van der Waals surface area (Å²) < 4.78 is 29.0. The van der Waals surface area contributed by atoms with Crippen molar-refractivity contribution in [2.24, 2.45) is 5.92 Å². The molecule has 3 aliphatic rings. The second-order valence-electron chi connectivity index (χ2n) is 12.4. The molecule has 1 amide bonds. The zero-order valence-electron chi connectivity index (χ0n) is 27.5. The van der Waals surface area contributed by atoms with Crippen molar-refractivity contribution >= 4 is 35.0 Å². The number of ketones is 2. The number of nitrogens with one attached hydrogen (secondary N) is 1. The highest BCUT2D eigenvalue weighted by Crippen LogP contribution is 2.54. The lowest BCUT2D eigenvalue weighted by molar-refractivity contribution is -0.121. The van der Waals surface area contributed by atoms with E-state index in [1.54, 1.807) is 56.8 Å². The SMILES string of the molecule is COc1ccc(-c2oc3c(c2CC(=O)NC2CCN(c4ncccn4)CC2)C(=O)[C@@]2(Oc4c(Cl)c(OC)cc(OC)c4C2=O)[C@H](C)C3)cc1. The fourth-order valence-electron chi connectivity index (χ4n) is 7.09. The van der Waals surface area contributed by atoms with Gasteiger partial charge in [0.25, 0.3) is 0 Å². The van der Waals surface area contributed by atoms with Gasteiger partial charge in [-0.1, -0.05) is 18.5 Å². The second-order valence-corrected chi connectivity index (χ2v) is 12.8. The summed E-state index contributed by atoms with van der Waals surface area (Å²) in [6.07, 6.45) is 4.86. The van der Waals surface area contributed by atoms with Crippen LogP contribution in [0.3, 0.4) is 0 Å². The third-order valence-electron chi connectivity index (χ3n) is 9.63. The average molecular weight is 687 g/mol. The van der Waals surface area contributed by atoms with E-state index in [1.807, 2.05) is 0 Å². The van der Waals surface area contributed by atoms with Crippen LogP contribution in [0.15, 0.2) is 53.2 Å². The van der Waals surface area contributed by atoms with Crippen molar-refractivity contribution in [1.29, 1.82) is 0 Å². The lowest BCUT2D eigenvalue weighted by Gasteiger charge is -2.35. The Morgan fingerprint density at radius 2 is 1.67 bits per heavy atom. The van der Waals surface area contributed by atoms with Gasteiger partial charge in [-0.05, 0) is 43.2 Å². The number of amides is 1. The number of anilines is 1. The second kappa shape index (κ2) is 12.7. The number of furan rings is 1. The number of hydrogen-bond donors (Lipinski definition) is 1. The first-order valence-electron chi connectivity index (χ1n) is 16.0. The summed E-state index contributed by atoms with van der Waals surface area (Å²) >= 11 is 6.63. The molecule has 0 radical (unpaired) electrons. The number of ether oxygens (including phenoxy) is 4. The number of Topliss-reactive ketones (excluding diaryl/α,β-unsaturated/α-hetero) is 2. The normalized spacial score (nSPS) is 20.1. The first kappa shape index (κ1) is 32.4. The van der Waals surface area contributed by atoms with E-state index in [-0.39, 0.29) is 58.2 Å². The summed E-state index contributed by atoms with van der Waals surface area (Å²) in [4.78, 5) is 53.7. The van der Waals surface area contributed by atoms with Crippen LogP contribution in [0.25, 0.3) is 11.3 Å². The Hall–Kier alpha value is -5.10. The fraction of sp³-hybridized carbons (Fsp3) is 0.361. The molecule has 1 spiro atoms. The Balaban J connectivity index is 1.23. The summed E-state index contributed by atoms with van der Waals surface area (Å²) in [6, 6.07) is 10.4. The smallest absolute Gasteiger partial charge is 0.237 e. The van der Waals surface area contributed by atoms with Gasteiger partial charge in [0, 0.05) is 61.1 Å². The van der Waals surface area contributed by atoms with E-state index in [0.29, 0.717) is 60.3 Å². The molecule has 0 bridgehead atoms. The van der Waals surface area contributed by atoms with Crippen LogP contribution in [-0.4, -0.2) is 73.5 Å². The van der Waals surface area contributed by atoms with Crippen molar-refractivity contribution in [3.63, 3.8) is 0 Å². The lowest BCUT2D eigenvalue weighted by atomic mass is 9.70. The lowest BCUT2D eigenvalue weighted by Crippen LogP contribution is -2.56. The number of benzene rings is 2. The third-order valence-corrected chi connectivity index (χ3v) is 9.99. The molecule has 0 unspecified atom stereocenters. The summed E-state index contributed by atoms with van der Waals surface area (Å²) in [6.45, 7) is 3.13. The van der Waals surface area contributed by atoms with Crippen LogP contribution in [0.1, 0.15) is 51.8 Å². The highest BCUT2D eigenvalue weighted by atomic mass is 35.5. The number of rotatable bonds is 8. The number of aromatic nitrogens is 2. The fourth-order valence-corrected chi connectivity index (χ4v) is 7.36. The molecule has 4 heterocycles. The van der Waals surface area contributed by atoms with Crippen molar-refractivity contribution in [2.75, 3.05) is 39.3 Å². The van der Waals surface area contributed by atoms with Gasteiger partial charge in [-0.25, -0.2) is 9.97 Å². The Morgan fingerprint density at radius 3 is 2.33 bits per heavy atom.